The summed E-state index contributed by atoms with van der Waals surface area (Å²) in [5.74, 6) is 3.74. The molecule has 0 saturated heterocycles. The van der Waals surface area contributed by atoms with E-state index in [4.69, 9.17) is 10.2 Å². The van der Waals surface area contributed by atoms with Gasteiger partial charge in [0.2, 0.25) is 0 Å². The van der Waals surface area contributed by atoms with Crippen molar-refractivity contribution in [3.63, 3.8) is 0 Å². The zero-order valence-corrected chi connectivity index (χ0v) is 10.0. The van der Waals surface area contributed by atoms with Gasteiger partial charge in [0.25, 0.3) is 0 Å². The minimum atomic E-state index is -0.111. The van der Waals surface area contributed by atoms with Gasteiger partial charge < -0.3 is 10.2 Å². The highest BCUT2D eigenvalue weighted by Crippen LogP contribution is 2.45. The maximum Gasteiger partial charge on any atom is 0.124 e. The molecule has 16 heavy (non-hydrogen) atoms. The summed E-state index contributed by atoms with van der Waals surface area (Å²) in [6, 6.07) is 4.25. The van der Waals surface area contributed by atoms with Crippen molar-refractivity contribution >= 4 is 0 Å². The molecule has 0 radical (unpaired) electrons. The Labute approximate surface area is 97.2 Å². The van der Waals surface area contributed by atoms with Crippen molar-refractivity contribution in [2.75, 3.05) is 0 Å². The van der Waals surface area contributed by atoms with Gasteiger partial charge in [-0.3, -0.25) is 0 Å². The minimum absolute atomic E-state index is 0.111. The van der Waals surface area contributed by atoms with E-state index < -0.39 is 0 Å². The predicted octanol–water partition coefficient (Wildman–Crippen LogP) is 3.52. The molecule has 2 aliphatic rings. The maximum atomic E-state index is 6.14. The van der Waals surface area contributed by atoms with Crippen LogP contribution < -0.4 is 5.73 Å². The number of nitrogens with two attached hydrogens (primary N) is 1. The van der Waals surface area contributed by atoms with Crippen LogP contribution in [0.15, 0.2) is 16.5 Å². The second-order valence-corrected chi connectivity index (χ2v) is 5.81. The Hall–Kier alpha value is -0.760. The van der Waals surface area contributed by atoms with Gasteiger partial charge in [0.15, 0.2) is 0 Å². The van der Waals surface area contributed by atoms with E-state index in [0.29, 0.717) is 5.92 Å². The summed E-state index contributed by atoms with van der Waals surface area (Å²) < 4.78 is 5.96. The molecule has 0 atom stereocenters. The molecule has 1 aromatic rings. The van der Waals surface area contributed by atoms with E-state index in [1.807, 2.05) is 0 Å². The summed E-state index contributed by atoms with van der Waals surface area (Å²) in [7, 11) is 0. The summed E-state index contributed by atoms with van der Waals surface area (Å²) >= 11 is 0. The Balaban J connectivity index is 1.72. The van der Waals surface area contributed by atoms with Crippen LogP contribution in [0.3, 0.4) is 0 Å². The maximum absolute atomic E-state index is 6.14. The van der Waals surface area contributed by atoms with E-state index in [0.717, 1.165) is 24.5 Å². The molecular formula is C14H21NO. The molecule has 88 valence electrons. The first kappa shape index (κ1) is 10.4. The fourth-order valence-electron chi connectivity index (χ4n) is 2.77. The fourth-order valence-corrected chi connectivity index (χ4v) is 2.77. The largest absolute Gasteiger partial charge is 0.464 e. The van der Waals surface area contributed by atoms with Crippen LogP contribution in [0, 0.1) is 5.92 Å². The Morgan fingerprint density at radius 1 is 1.19 bits per heavy atom. The van der Waals surface area contributed by atoms with E-state index in [1.165, 1.54) is 31.4 Å². The van der Waals surface area contributed by atoms with Crippen LogP contribution in [0.1, 0.15) is 62.9 Å². The zero-order chi connectivity index (χ0) is 11.2. The summed E-state index contributed by atoms with van der Waals surface area (Å²) in [6.07, 6.45) is 7.42. The molecular weight excluding hydrogens is 198 g/mol. The van der Waals surface area contributed by atoms with Crippen molar-refractivity contribution in [1.29, 1.82) is 0 Å². The molecule has 2 fully saturated rings. The lowest BCUT2D eigenvalue weighted by Crippen LogP contribution is -2.17. The minimum Gasteiger partial charge on any atom is -0.464 e. The van der Waals surface area contributed by atoms with Gasteiger partial charge in [-0.25, -0.2) is 0 Å². The molecule has 2 aliphatic carbocycles. The van der Waals surface area contributed by atoms with Gasteiger partial charge in [0.1, 0.15) is 11.5 Å². The predicted molar refractivity (Wildman–Crippen MR) is 64.2 cm³/mol. The van der Waals surface area contributed by atoms with E-state index >= 15 is 0 Å². The van der Waals surface area contributed by atoms with E-state index in [-0.39, 0.29) is 5.54 Å². The summed E-state index contributed by atoms with van der Waals surface area (Å²) in [4.78, 5) is 0. The second-order valence-electron chi connectivity index (χ2n) is 5.81. The monoisotopic (exact) mass is 219 g/mol. The van der Waals surface area contributed by atoms with Crippen LogP contribution in [-0.2, 0) is 5.54 Å². The molecule has 0 spiro atoms. The first-order valence-electron chi connectivity index (χ1n) is 6.56. The molecule has 0 unspecified atom stereocenters. The van der Waals surface area contributed by atoms with Gasteiger partial charge >= 0.3 is 0 Å². The van der Waals surface area contributed by atoms with Crippen LogP contribution in [0.4, 0.5) is 0 Å². The van der Waals surface area contributed by atoms with Crippen molar-refractivity contribution in [2.24, 2.45) is 11.7 Å². The number of hydrogen-bond donors (Lipinski definition) is 1. The highest BCUT2D eigenvalue weighted by atomic mass is 16.3. The Morgan fingerprint density at radius 3 is 2.50 bits per heavy atom. The molecule has 0 aromatic carbocycles. The third-order valence-corrected chi connectivity index (χ3v) is 4.32. The Bertz CT molecular complexity index is 370. The van der Waals surface area contributed by atoms with Crippen LogP contribution in [0.2, 0.25) is 0 Å². The molecule has 2 N–H and O–H groups in total. The van der Waals surface area contributed by atoms with Gasteiger partial charge in [0.05, 0.1) is 5.54 Å². The normalized spacial score (nSPS) is 32.6. The SMILES string of the molecule is CC1CCC(c2ccc(C3(N)CC3)o2)CC1. The third kappa shape index (κ3) is 1.80. The quantitative estimate of drug-likeness (QED) is 0.826. The first-order valence-corrected chi connectivity index (χ1v) is 6.56. The van der Waals surface area contributed by atoms with Gasteiger partial charge in [-0.2, -0.15) is 0 Å². The van der Waals surface area contributed by atoms with Crippen molar-refractivity contribution in [1.82, 2.24) is 0 Å². The summed E-state index contributed by atoms with van der Waals surface area (Å²) in [6.45, 7) is 2.35. The second kappa shape index (κ2) is 3.63. The van der Waals surface area contributed by atoms with Crippen molar-refractivity contribution < 1.29 is 4.42 Å². The summed E-state index contributed by atoms with van der Waals surface area (Å²) in [5, 5.41) is 0. The van der Waals surface area contributed by atoms with Crippen LogP contribution in [0.5, 0.6) is 0 Å². The number of hydrogen-bond acceptors (Lipinski definition) is 2. The van der Waals surface area contributed by atoms with E-state index in [1.54, 1.807) is 0 Å². The molecule has 3 rings (SSSR count). The van der Waals surface area contributed by atoms with Crippen molar-refractivity contribution in [3.05, 3.63) is 23.7 Å². The molecule has 1 heterocycles. The van der Waals surface area contributed by atoms with Gasteiger partial charge in [-0.1, -0.05) is 19.8 Å². The molecule has 0 bridgehead atoms. The standard InChI is InChI=1S/C14H21NO/c1-10-2-4-11(5-3-10)12-6-7-13(16-12)14(15)8-9-14/h6-7,10-11H,2-5,8-9,15H2,1H3. The average Bonchev–Trinajstić information content (AvgIpc) is 2.84. The third-order valence-electron chi connectivity index (χ3n) is 4.32. The lowest BCUT2D eigenvalue weighted by molar-refractivity contribution is 0.304. The molecule has 0 amide bonds. The first-order chi connectivity index (χ1) is 7.67. The number of rotatable bonds is 2. The van der Waals surface area contributed by atoms with Crippen LogP contribution >= 0.6 is 0 Å². The average molecular weight is 219 g/mol. The van der Waals surface area contributed by atoms with E-state index in [9.17, 15) is 0 Å². The lowest BCUT2D eigenvalue weighted by Gasteiger charge is -2.24. The zero-order valence-electron chi connectivity index (χ0n) is 10.0. The topological polar surface area (TPSA) is 39.2 Å². The number of furan rings is 1. The molecule has 2 saturated carbocycles. The molecule has 0 aliphatic heterocycles. The van der Waals surface area contributed by atoms with Gasteiger partial charge in [-0.05, 0) is 43.7 Å². The molecule has 2 heteroatoms. The molecule has 2 nitrogen and oxygen atoms in total. The van der Waals surface area contributed by atoms with Crippen molar-refractivity contribution in [2.45, 2.75) is 56.9 Å². The van der Waals surface area contributed by atoms with E-state index in [2.05, 4.69) is 19.1 Å². The fraction of sp³-hybridized carbons (Fsp3) is 0.714. The van der Waals surface area contributed by atoms with Crippen molar-refractivity contribution in [3.8, 4) is 0 Å². The summed E-state index contributed by atoms with van der Waals surface area (Å²) in [5.41, 5.74) is 6.03. The lowest BCUT2D eigenvalue weighted by atomic mass is 9.82. The Kier molecular flexibility index (Phi) is 2.36. The molecule has 1 aromatic heterocycles. The highest BCUT2D eigenvalue weighted by Gasteiger charge is 2.43. The smallest absolute Gasteiger partial charge is 0.124 e. The van der Waals surface area contributed by atoms with Crippen LogP contribution in [0.25, 0.3) is 0 Å². The van der Waals surface area contributed by atoms with Crippen LogP contribution in [-0.4, -0.2) is 0 Å². The Morgan fingerprint density at radius 2 is 1.88 bits per heavy atom. The van der Waals surface area contributed by atoms with Gasteiger partial charge in [0, 0.05) is 5.92 Å². The highest BCUT2D eigenvalue weighted by molar-refractivity contribution is 5.23. The van der Waals surface area contributed by atoms with Gasteiger partial charge in [-0.15, -0.1) is 0 Å².